The van der Waals surface area contributed by atoms with Crippen LogP contribution in [-0.2, 0) is 49.6 Å². The molecule has 0 saturated heterocycles. The number of carbonyl (C=O) groups excluding carboxylic acids is 7. The lowest BCUT2D eigenvalue weighted by atomic mass is 9.97. The molecule has 21 nitrogen and oxygen atoms in total. The quantitative estimate of drug-likeness (QED) is 0.0397. The fourth-order valence-electron chi connectivity index (χ4n) is 5.88. The van der Waals surface area contributed by atoms with Crippen molar-refractivity contribution < 1.29 is 58.5 Å². The molecule has 14 N–H and O–H groups in total. The van der Waals surface area contributed by atoms with Gasteiger partial charge >= 0.3 is 11.9 Å². The fourth-order valence-corrected chi connectivity index (χ4v) is 5.88. The molecule has 0 heterocycles. The van der Waals surface area contributed by atoms with Crippen LogP contribution in [0.15, 0.2) is 30.3 Å². The molecular formula is C40H65N9O12. The number of aliphatic hydroxyl groups excluding tert-OH is 1. The van der Waals surface area contributed by atoms with Gasteiger partial charge in [0.25, 0.3) is 0 Å². The van der Waals surface area contributed by atoms with Crippen LogP contribution in [0, 0.1) is 11.8 Å². The summed E-state index contributed by atoms with van der Waals surface area (Å²) in [5.41, 5.74) is 11.8. The Morgan fingerprint density at radius 2 is 1.25 bits per heavy atom. The monoisotopic (exact) mass is 863 g/mol. The topological polar surface area (TPSA) is 351 Å². The fraction of sp³-hybridized carbons (Fsp3) is 0.625. The van der Waals surface area contributed by atoms with Crippen LogP contribution in [0.4, 0.5) is 0 Å². The molecule has 0 spiro atoms. The van der Waals surface area contributed by atoms with Gasteiger partial charge in [0.05, 0.1) is 25.1 Å². The first-order valence-corrected chi connectivity index (χ1v) is 20.3. The third kappa shape index (κ3) is 20.0. The Hall–Kier alpha value is -5.67. The zero-order valence-electron chi connectivity index (χ0n) is 35.7. The number of unbranched alkanes of at least 4 members (excludes halogenated alkanes) is 1. The summed E-state index contributed by atoms with van der Waals surface area (Å²) >= 11 is 0. The van der Waals surface area contributed by atoms with E-state index in [0.717, 1.165) is 0 Å². The number of hydrogen-bond acceptors (Lipinski definition) is 12. The molecular weight excluding hydrogens is 798 g/mol. The Balaban J connectivity index is 3.03. The lowest BCUT2D eigenvalue weighted by Crippen LogP contribution is -2.60. The molecule has 0 aliphatic rings. The standard InChI is InChI=1S/C40H65N9O12/c1-7-22(4)32(48-35(55)26(42)19-31(52)53)39(59)49-33(24(6)50)38(58)43-20-30(51)44-23(5)34(54)46-28(17-21(2)3)36(56)47-29(18-25-13-9-8-10-14-25)37(57)45-27(40(60)61)15-11-12-16-41/h8-10,13-14,21-24,26-29,32-33,50H,7,11-12,15-20,41-42H2,1-6H3,(H,43,58)(H,44,51)(H,45,57)(H,46,54)(H,47,56)(H,48,55)(H,49,59)(H,52,53)(H,60,61)/t22-,23-,24+,26-,27-,28-,29-,32-,33-/m0/s1. The summed E-state index contributed by atoms with van der Waals surface area (Å²) in [4.78, 5) is 115. The minimum atomic E-state index is -1.61. The first kappa shape index (κ1) is 53.3. The van der Waals surface area contributed by atoms with Crippen molar-refractivity contribution in [2.45, 2.75) is 135 Å². The maximum Gasteiger partial charge on any atom is 0.326 e. The van der Waals surface area contributed by atoms with E-state index in [0.29, 0.717) is 31.4 Å². The second-order valence-electron chi connectivity index (χ2n) is 15.4. The number of aliphatic hydroxyl groups is 1. The molecule has 0 aliphatic heterocycles. The van der Waals surface area contributed by atoms with Crippen LogP contribution >= 0.6 is 0 Å². The van der Waals surface area contributed by atoms with Crippen molar-refractivity contribution in [1.29, 1.82) is 0 Å². The van der Waals surface area contributed by atoms with Crippen molar-refractivity contribution >= 4 is 53.3 Å². The van der Waals surface area contributed by atoms with Gasteiger partial charge in [-0.1, -0.05) is 64.4 Å². The van der Waals surface area contributed by atoms with Gasteiger partial charge in [0.15, 0.2) is 0 Å². The normalized spacial score (nSPS) is 15.5. The number of nitrogens with two attached hydrogens (primary N) is 2. The van der Waals surface area contributed by atoms with Crippen LogP contribution in [-0.4, -0.2) is 130 Å². The van der Waals surface area contributed by atoms with Crippen LogP contribution in [0.5, 0.6) is 0 Å². The second-order valence-corrected chi connectivity index (χ2v) is 15.4. The number of carboxylic acids is 2. The number of nitrogens with one attached hydrogen (secondary N) is 7. The van der Waals surface area contributed by atoms with E-state index in [2.05, 4.69) is 37.2 Å². The van der Waals surface area contributed by atoms with Crippen molar-refractivity contribution in [3.63, 3.8) is 0 Å². The number of carbonyl (C=O) groups is 9. The third-order valence-electron chi connectivity index (χ3n) is 9.60. The zero-order valence-corrected chi connectivity index (χ0v) is 35.7. The van der Waals surface area contributed by atoms with E-state index in [4.69, 9.17) is 16.6 Å². The molecule has 1 aromatic rings. The molecule has 21 heteroatoms. The van der Waals surface area contributed by atoms with Gasteiger partial charge in [0, 0.05) is 6.42 Å². The van der Waals surface area contributed by atoms with E-state index in [9.17, 15) is 53.4 Å². The maximum absolute atomic E-state index is 13.7. The van der Waals surface area contributed by atoms with E-state index < -0.39 is 121 Å². The predicted molar refractivity (Wildman–Crippen MR) is 222 cm³/mol. The van der Waals surface area contributed by atoms with Crippen molar-refractivity contribution in [3.05, 3.63) is 35.9 Å². The van der Waals surface area contributed by atoms with Gasteiger partial charge < -0.3 is 64.0 Å². The highest BCUT2D eigenvalue weighted by molar-refractivity contribution is 5.97. The average Bonchev–Trinajstić information content (AvgIpc) is 3.19. The Morgan fingerprint density at radius 1 is 0.672 bits per heavy atom. The van der Waals surface area contributed by atoms with Crippen molar-refractivity contribution in [1.82, 2.24) is 37.2 Å². The summed E-state index contributed by atoms with van der Waals surface area (Å²) in [6, 6.07) is -0.500. The summed E-state index contributed by atoms with van der Waals surface area (Å²) in [6.07, 6.45) is -0.553. The van der Waals surface area contributed by atoms with Gasteiger partial charge in [-0.25, -0.2) is 4.79 Å². The van der Waals surface area contributed by atoms with E-state index in [-0.39, 0.29) is 25.2 Å². The number of rotatable bonds is 28. The number of amides is 7. The van der Waals surface area contributed by atoms with Gasteiger partial charge in [-0.05, 0) is 63.5 Å². The lowest BCUT2D eigenvalue weighted by Gasteiger charge is -2.28. The zero-order chi connectivity index (χ0) is 46.4. The highest BCUT2D eigenvalue weighted by Crippen LogP contribution is 2.12. The van der Waals surface area contributed by atoms with Gasteiger partial charge in [-0.3, -0.25) is 38.4 Å². The van der Waals surface area contributed by atoms with Gasteiger partial charge in [-0.15, -0.1) is 0 Å². The first-order chi connectivity index (χ1) is 28.6. The largest absolute Gasteiger partial charge is 0.481 e. The van der Waals surface area contributed by atoms with Crippen molar-refractivity contribution in [2.24, 2.45) is 23.3 Å². The summed E-state index contributed by atoms with van der Waals surface area (Å²) in [6.45, 7) is 9.12. The van der Waals surface area contributed by atoms with Crippen LogP contribution in [0.25, 0.3) is 0 Å². The Kier molecular flexibility index (Phi) is 23.8. The smallest absolute Gasteiger partial charge is 0.326 e. The number of carboxylic acid groups (broad SMARTS) is 2. The van der Waals surface area contributed by atoms with Crippen LogP contribution in [0.3, 0.4) is 0 Å². The highest BCUT2D eigenvalue weighted by Gasteiger charge is 2.34. The van der Waals surface area contributed by atoms with Crippen molar-refractivity contribution in [2.75, 3.05) is 13.1 Å². The molecule has 7 amide bonds. The highest BCUT2D eigenvalue weighted by atomic mass is 16.4. The SMILES string of the molecule is CC[C@H](C)[C@H](NC(=O)[C@@H](N)CC(=O)O)C(=O)N[C@H](C(=O)NCC(=O)N[C@@H](C)C(=O)N[C@@H](CC(C)C)C(=O)N[C@@H](Cc1ccccc1)C(=O)N[C@@H](CCCCN)C(=O)O)[C@@H](C)O. The van der Waals surface area contributed by atoms with Crippen LogP contribution in [0.1, 0.15) is 85.6 Å². The molecule has 1 rings (SSSR count). The molecule has 0 fully saturated rings. The number of aliphatic carboxylic acids is 2. The molecule has 61 heavy (non-hydrogen) atoms. The van der Waals surface area contributed by atoms with E-state index in [1.165, 1.54) is 13.8 Å². The third-order valence-corrected chi connectivity index (χ3v) is 9.60. The van der Waals surface area contributed by atoms with E-state index >= 15 is 0 Å². The summed E-state index contributed by atoms with van der Waals surface area (Å²) in [7, 11) is 0. The number of benzene rings is 1. The molecule has 0 bridgehead atoms. The van der Waals surface area contributed by atoms with E-state index in [1.54, 1.807) is 58.0 Å². The molecule has 9 atom stereocenters. The second kappa shape index (κ2) is 27.2. The Labute approximate surface area is 355 Å². The molecule has 0 radical (unpaired) electrons. The number of hydrogen-bond donors (Lipinski definition) is 12. The summed E-state index contributed by atoms with van der Waals surface area (Å²) in [5, 5.41) is 46.2. The minimum absolute atomic E-state index is 0.00594. The van der Waals surface area contributed by atoms with Crippen LogP contribution in [0.2, 0.25) is 0 Å². The Morgan fingerprint density at radius 3 is 1.79 bits per heavy atom. The molecule has 0 aromatic heterocycles. The van der Waals surface area contributed by atoms with E-state index in [1.807, 2.05) is 0 Å². The lowest BCUT2D eigenvalue weighted by molar-refractivity contribution is -0.142. The van der Waals surface area contributed by atoms with Gasteiger partial charge in [0.2, 0.25) is 41.4 Å². The molecule has 0 aliphatic carbocycles. The minimum Gasteiger partial charge on any atom is -0.481 e. The summed E-state index contributed by atoms with van der Waals surface area (Å²) < 4.78 is 0. The maximum atomic E-state index is 13.7. The van der Waals surface area contributed by atoms with Crippen molar-refractivity contribution in [3.8, 4) is 0 Å². The molecule has 0 saturated carbocycles. The van der Waals surface area contributed by atoms with Crippen LogP contribution < -0.4 is 48.7 Å². The average molecular weight is 864 g/mol. The Bertz CT molecular complexity index is 1650. The predicted octanol–water partition coefficient (Wildman–Crippen LogP) is -2.24. The molecule has 342 valence electrons. The molecule has 1 aromatic carbocycles. The summed E-state index contributed by atoms with van der Waals surface area (Å²) in [5.74, 6) is -9.11. The van der Waals surface area contributed by atoms with Gasteiger partial charge in [-0.2, -0.15) is 0 Å². The van der Waals surface area contributed by atoms with Gasteiger partial charge in [0.1, 0.15) is 36.3 Å². The molecule has 0 unspecified atom stereocenters. The first-order valence-electron chi connectivity index (χ1n) is 20.3.